The molecule has 0 amide bonds. The third-order valence-electron chi connectivity index (χ3n) is 2.03. The molecule has 0 spiro atoms. The molecule has 70 valence electrons. The van der Waals surface area contributed by atoms with Crippen LogP contribution in [-0.2, 0) is 4.74 Å². The third kappa shape index (κ3) is 1.26. The number of carbonyl (C=O) groups excluding carboxylic acids is 1. The Hall–Kier alpha value is -1.79. The summed E-state index contributed by atoms with van der Waals surface area (Å²) in [6.07, 6.45) is -1.12. The molecule has 0 saturated heterocycles. The van der Waals surface area contributed by atoms with Gasteiger partial charge in [0, 0.05) is 11.1 Å². The van der Waals surface area contributed by atoms with Gasteiger partial charge < -0.3 is 9.84 Å². The van der Waals surface area contributed by atoms with Crippen LogP contribution in [-0.4, -0.2) is 11.1 Å². The van der Waals surface area contributed by atoms with Gasteiger partial charge in [-0.15, -0.1) is 5.92 Å². The van der Waals surface area contributed by atoms with Crippen molar-refractivity contribution in [2.45, 2.75) is 13.2 Å². The van der Waals surface area contributed by atoms with E-state index in [1.54, 1.807) is 25.1 Å². The topological polar surface area (TPSA) is 46.5 Å². The quantitative estimate of drug-likeness (QED) is 0.492. The van der Waals surface area contributed by atoms with Gasteiger partial charge >= 0.3 is 5.97 Å². The zero-order valence-corrected chi connectivity index (χ0v) is 7.57. The van der Waals surface area contributed by atoms with Crippen LogP contribution in [0, 0.1) is 11.8 Å². The predicted molar refractivity (Wildman–Crippen MR) is 49.4 cm³/mol. The Bertz CT molecular complexity index is 451. The summed E-state index contributed by atoms with van der Waals surface area (Å²) in [7, 11) is 0. The standard InChI is InChI=1S/C11H8O3/c1-2-3-7-4-5-8-9(6-7)11(13)14-10(8)12/h4-6,10,12H,1H3. The molecule has 1 atom stereocenters. The van der Waals surface area contributed by atoms with Crippen molar-refractivity contribution in [2.24, 2.45) is 0 Å². The molecule has 0 fully saturated rings. The Morgan fingerprint density at radius 1 is 1.50 bits per heavy atom. The number of cyclic esters (lactones) is 1. The number of hydrogen-bond donors (Lipinski definition) is 1. The van der Waals surface area contributed by atoms with Gasteiger partial charge in [0.25, 0.3) is 0 Å². The molecule has 1 N–H and O–H groups in total. The molecule has 3 nitrogen and oxygen atoms in total. The van der Waals surface area contributed by atoms with Crippen LogP contribution in [0.25, 0.3) is 0 Å². The molecule has 0 aliphatic carbocycles. The van der Waals surface area contributed by atoms with E-state index in [9.17, 15) is 9.90 Å². The van der Waals surface area contributed by atoms with Crippen LogP contribution in [0.3, 0.4) is 0 Å². The van der Waals surface area contributed by atoms with Crippen LogP contribution in [0.15, 0.2) is 18.2 Å². The van der Waals surface area contributed by atoms with Gasteiger partial charge in [-0.3, -0.25) is 0 Å². The van der Waals surface area contributed by atoms with Crippen molar-refractivity contribution >= 4 is 5.97 Å². The number of ether oxygens (including phenoxy) is 1. The van der Waals surface area contributed by atoms with Crippen LogP contribution in [0.5, 0.6) is 0 Å². The van der Waals surface area contributed by atoms with Gasteiger partial charge in [-0.25, -0.2) is 4.79 Å². The number of benzene rings is 1. The molecule has 1 heterocycles. The SMILES string of the molecule is CC#Cc1ccc2c(c1)C(=O)OC2O. The molecule has 0 aromatic heterocycles. The first kappa shape index (κ1) is 8.79. The minimum Gasteiger partial charge on any atom is -0.428 e. The van der Waals surface area contributed by atoms with Crippen molar-refractivity contribution in [3.05, 3.63) is 34.9 Å². The minimum atomic E-state index is -1.12. The number of carbonyl (C=O) groups is 1. The van der Waals surface area contributed by atoms with E-state index in [-0.39, 0.29) is 0 Å². The van der Waals surface area contributed by atoms with Crippen molar-refractivity contribution in [2.75, 3.05) is 0 Å². The molecule has 0 saturated carbocycles. The summed E-state index contributed by atoms with van der Waals surface area (Å²) in [5.74, 6) is 5.08. The molecule has 0 bridgehead atoms. The van der Waals surface area contributed by atoms with Crippen molar-refractivity contribution in [1.29, 1.82) is 0 Å². The smallest absolute Gasteiger partial charge is 0.341 e. The molecule has 2 rings (SSSR count). The predicted octanol–water partition coefficient (Wildman–Crippen LogP) is 1.22. The van der Waals surface area contributed by atoms with Gasteiger partial charge in [0.15, 0.2) is 0 Å². The number of aliphatic hydroxyl groups is 1. The van der Waals surface area contributed by atoms with E-state index in [0.29, 0.717) is 11.1 Å². The number of hydrogen-bond acceptors (Lipinski definition) is 3. The lowest BCUT2D eigenvalue weighted by Gasteiger charge is -1.99. The number of esters is 1. The Balaban J connectivity index is 2.53. The van der Waals surface area contributed by atoms with Gasteiger partial charge in [-0.05, 0) is 19.1 Å². The molecule has 1 aliphatic heterocycles. The summed E-state index contributed by atoms with van der Waals surface area (Å²) in [4.78, 5) is 11.2. The zero-order chi connectivity index (χ0) is 10.1. The van der Waals surface area contributed by atoms with Crippen LogP contribution in [0.1, 0.15) is 34.7 Å². The molecule has 3 heteroatoms. The normalized spacial score (nSPS) is 18.1. The lowest BCUT2D eigenvalue weighted by molar-refractivity contribution is -0.0547. The molecular formula is C11H8O3. The highest BCUT2D eigenvalue weighted by atomic mass is 16.6. The molecule has 1 aromatic carbocycles. The van der Waals surface area contributed by atoms with Gasteiger partial charge in [-0.2, -0.15) is 0 Å². The fraction of sp³-hybridized carbons (Fsp3) is 0.182. The van der Waals surface area contributed by atoms with E-state index in [2.05, 4.69) is 16.6 Å². The van der Waals surface area contributed by atoms with E-state index in [4.69, 9.17) is 0 Å². The first-order valence-electron chi connectivity index (χ1n) is 4.18. The Morgan fingerprint density at radius 2 is 2.29 bits per heavy atom. The highest BCUT2D eigenvalue weighted by Crippen LogP contribution is 2.28. The average molecular weight is 188 g/mol. The zero-order valence-electron chi connectivity index (χ0n) is 7.57. The van der Waals surface area contributed by atoms with Crippen molar-refractivity contribution in [3.8, 4) is 11.8 Å². The molecular weight excluding hydrogens is 180 g/mol. The molecule has 1 aliphatic rings. The highest BCUT2D eigenvalue weighted by Gasteiger charge is 2.29. The monoisotopic (exact) mass is 188 g/mol. The van der Waals surface area contributed by atoms with Gasteiger partial charge in [0.2, 0.25) is 6.29 Å². The van der Waals surface area contributed by atoms with Crippen molar-refractivity contribution in [3.63, 3.8) is 0 Å². The second kappa shape index (κ2) is 3.17. The van der Waals surface area contributed by atoms with Crippen LogP contribution < -0.4 is 0 Å². The highest BCUT2D eigenvalue weighted by molar-refractivity contribution is 5.94. The maximum Gasteiger partial charge on any atom is 0.341 e. The maximum atomic E-state index is 11.2. The summed E-state index contributed by atoms with van der Waals surface area (Å²) in [6.45, 7) is 1.72. The summed E-state index contributed by atoms with van der Waals surface area (Å²) in [6, 6.07) is 5.04. The average Bonchev–Trinajstić information content (AvgIpc) is 2.43. The van der Waals surface area contributed by atoms with Crippen LogP contribution >= 0.6 is 0 Å². The lowest BCUT2D eigenvalue weighted by Crippen LogP contribution is -1.96. The van der Waals surface area contributed by atoms with Crippen LogP contribution in [0.4, 0.5) is 0 Å². The Kier molecular flexibility index (Phi) is 1.99. The Labute approximate surface area is 81.3 Å². The first-order chi connectivity index (χ1) is 6.72. The molecule has 14 heavy (non-hydrogen) atoms. The molecule has 0 radical (unpaired) electrons. The van der Waals surface area contributed by atoms with E-state index in [1.807, 2.05) is 0 Å². The van der Waals surface area contributed by atoms with Crippen molar-refractivity contribution < 1.29 is 14.6 Å². The van der Waals surface area contributed by atoms with Gasteiger partial charge in [0.1, 0.15) is 0 Å². The summed E-state index contributed by atoms with van der Waals surface area (Å²) in [5.41, 5.74) is 1.66. The second-order valence-corrected chi connectivity index (χ2v) is 2.93. The fourth-order valence-corrected chi connectivity index (χ4v) is 1.40. The van der Waals surface area contributed by atoms with E-state index < -0.39 is 12.3 Å². The minimum absolute atomic E-state index is 0.401. The largest absolute Gasteiger partial charge is 0.428 e. The second-order valence-electron chi connectivity index (χ2n) is 2.93. The Morgan fingerprint density at radius 3 is 3.00 bits per heavy atom. The summed E-state index contributed by atoms with van der Waals surface area (Å²) in [5, 5.41) is 9.29. The first-order valence-corrected chi connectivity index (χ1v) is 4.18. The van der Waals surface area contributed by atoms with Crippen LogP contribution in [0.2, 0.25) is 0 Å². The number of aliphatic hydroxyl groups excluding tert-OH is 1. The third-order valence-corrected chi connectivity index (χ3v) is 2.03. The molecule has 1 unspecified atom stereocenters. The van der Waals surface area contributed by atoms with E-state index >= 15 is 0 Å². The maximum absolute atomic E-state index is 11.2. The summed E-state index contributed by atoms with van der Waals surface area (Å²) >= 11 is 0. The van der Waals surface area contributed by atoms with E-state index in [0.717, 1.165) is 5.56 Å². The fourth-order valence-electron chi connectivity index (χ4n) is 1.40. The lowest BCUT2D eigenvalue weighted by atomic mass is 10.1. The van der Waals surface area contributed by atoms with Gasteiger partial charge in [-0.1, -0.05) is 12.0 Å². The number of fused-ring (bicyclic) bond motifs is 1. The molecule has 1 aromatic rings. The number of rotatable bonds is 0. The van der Waals surface area contributed by atoms with Crippen molar-refractivity contribution in [1.82, 2.24) is 0 Å². The van der Waals surface area contributed by atoms with E-state index in [1.165, 1.54) is 0 Å². The van der Waals surface area contributed by atoms with Gasteiger partial charge in [0.05, 0.1) is 5.56 Å². The summed E-state index contributed by atoms with van der Waals surface area (Å²) < 4.78 is 4.63.